The lowest BCUT2D eigenvalue weighted by atomic mass is 9.94. The molecule has 1 aliphatic heterocycles. The highest BCUT2D eigenvalue weighted by molar-refractivity contribution is 5.92. The molecule has 0 saturated carbocycles. The lowest BCUT2D eigenvalue weighted by Gasteiger charge is -2.38. The summed E-state index contributed by atoms with van der Waals surface area (Å²) in [4.78, 5) is 58.1. The highest BCUT2D eigenvalue weighted by Gasteiger charge is 2.39. The number of nitrogens with zero attached hydrogens (tertiary/aromatic N) is 1. The first-order valence-electron chi connectivity index (χ1n) is 14.5. The summed E-state index contributed by atoms with van der Waals surface area (Å²) < 4.78 is 5.51. The molecule has 1 heterocycles. The zero-order valence-corrected chi connectivity index (χ0v) is 25.0. The minimum absolute atomic E-state index is 0.0591. The molecule has 1 aromatic carbocycles. The molecular formula is C30H48N4O6. The van der Waals surface area contributed by atoms with Gasteiger partial charge in [-0.3, -0.25) is 24.2 Å². The summed E-state index contributed by atoms with van der Waals surface area (Å²) in [6.45, 7) is 11.8. The standard InChI is InChI=1S/C30H48N4O6/c1-7-8-10-16-23(19-25(35)33-39-20-22-14-11-9-12-15-22)28(37)34-24(17-13-18-31-34)27(36)32-26(21(2)3)29(38)40-30(4,5)6/h9,11-12,14-15,21,23-24,26,31H,7-8,10,13,16-20H2,1-6H3,(H,32,36)(H,33,35)/t23-,24-,26-/m0/s1. The largest absolute Gasteiger partial charge is 0.458 e. The number of hydrazine groups is 1. The molecule has 1 aliphatic rings. The van der Waals surface area contributed by atoms with E-state index in [9.17, 15) is 19.2 Å². The zero-order chi connectivity index (χ0) is 29.7. The molecule has 0 radical (unpaired) electrons. The van der Waals surface area contributed by atoms with Gasteiger partial charge in [-0.25, -0.2) is 15.7 Å². The van der Waals surface area contributed by atoms with E-state index in [2.05, 4.69) is 23.1 Å². The van der Waals surface area contributed by atoms with Gasteiger partial charge in [0.05, 0.1) is 6.61 Å². The van der Waals surface area contributed by atoms with E-state index in [1.807, 2.05) is 44.2 Å². The number of nitrogens with one attached hydrogen (secondary N) is 3. The van der Waals surface area contributed by atoms with Crippen LogP contribution in [-0.4, -0.2) is 52.9 Å². The fourth-order valence-corrected chi connectivity index (χ4v) is 4.52. The lowest BCUT2D eigenvalue weighted by Crippen LogP contribution is -2.62. The Bertz CT molecular complexity index is 963. The Labute approximate surface area is 238 Å². The second-order valence-corrected chi connectivity index (χ2v) is 11.7. The van der Waals surface area contributed by atoms with Gasteiger partial charge in [-0.1, -0.05) is 70.4 Å². The molecule has 2 rings (SSSR count). The molecule has 3 N–H and O–H groups in total. The van der Waals surface area contributed by atoms with E-state index in [-0.39, 0.29) is 24.9 Å². The first-order chi connectivity index (χ1) is 18.9. The van der Waals surface area contributed by atoms with Crippen molar-refractivity contribution in [3.63, 3.8) is 0 Å². The van der Waals surface area contributed by atoms with Crippen LogP contribution in [0.15, 0.2) is 30.3 Å². The van der Waals surface area contributed by atoms with E-state index < -0.39 is 41.4 Å². The zero-order valence-electron chi connectivity index (χ0n) is 25.0. The fourth-order valence-electron chi connectivity index (χ4n) is 4.52. The third-order valence-electron chi connectivity index (χ3n) is 6.62. The summed E-state index contributed by atoms with van der Waals surface area (Å²) in [5.74, 6) is -2.48. The average molecular weight is 561 g/mol. The predicted molar refractivity (Wildman–Crippen MR) is 152 cm³/mol. The highest BCUT2D eigenvalue weighted by atomic mass is 16.6. The summed E-state index contributed by atoms with van der Waals surface area (Å²) in [6, 6.07) is 7.80. The molecule has 10 heteroatoms. The van der Waals surface area contributed by atoms with Crippen LogP contribution in [0.2, 0.25) is 0 Å². The Balaban J connectivity index is 2.09. The third-order valence-corrected chi connectivity index (χ3v) is 6.62. The highest BCUT2D eigenvalue weighted by Crippen LogP contribution is 2.22. The molecule has 3 atom stereocenters. The lowest BCUT2D eigenvalue weighted by molar-refractivity contribution is -0.161. The molecule has 10 nitrogen and oxygen atoms in total. The second-order valence-electron chi connectivity index (χ2n) is 11.7. The summed E-state index contributed by atoms with van der Waals surface area (Å²) in [6.07, 6.45) is 4.27. The first-order valence-corrected chi connectivity index (χ1v) is 14.5. The van der Waals surface area contributed by atoms with Crippen molar-refractivity contribution < 1.29 is 28.8 Å². The van der Waals surface area contributed by atoms with Gasteiger partial charge in [0.25, 0.3) is 0 Å². The number of unbranched alkanes of at least 4 members (excludes halogenated alkanes) is 2. The van der Waals surface area contributed by atoms with Crippen LogP contribution in [0.5, 0.6) is 0 Å². The van der Waals surface area contributed by atoms with E-state index in [0.717, 1.165) is 24.8 Å². The van der Waals surface area contributed by atoms with Gasteiger partial charge in [0, 0.05) is 18.9 Å². The number of benzene rings is 1. The molecule has 3 amide bonds. The van der Waals surface area contributed by atoms with Crippen molar-refractivity contribution >= 4 is 23.7 Å². The van der Waals surface area contributed by atoms with Crippen LogP contribution in [0.4, 0.5) is 0 Å². The van der Waals surface area contributed by atoms with Crippen LogP contribution < -0.4 is 16.2 Å². The smallest absolute Gasteiger partial charge is 0.329 e. The minimum Gasteiger partial charge on any atom is -0.458 e. The summed E-state index contributed by atoms with van der Waals surface area (Å²) in [5.41, 5.74) is 5.74. The van der Waals surface area contributed by atoms with Crippen molar-refractivity contribution in [3.8, 4) is 0 Å². The molecule has 0 bridgehead atoms. The summed E-state index contributed by atoms with van der Waals surface area (Å²) in [7, 11) is 0. The van der Waals surface area contributed by atoms with E-state index in [1.165, 1.54) is 5.01 Å². The third kappa shape index (κ3) is 11.3. The molecule has 1 fully saturated rings. The van der Waals surface area contributed by atoms with E-state index in [1.54, 1.807) is 20.8 Å². The fraction of sp³-hybridized carbons (Fsp3) is 0.667. The molecule has 224 valence electrons. The Kier molecular flexibility index (Phi) is 13.6. The van der Waals surface area contributed by atoms with Crippen molar-refractivity contribution in [2.45, 2.75) is 111 Å². The number of hydrogen-bond donors (Lipinski definition) is 3. The normalized spacial score (nSPS) is 17.2. The Hall–Kier alpha value is -2.98. The quantitative estimate of drug-likeness (QED) is 0.180. The maximum Gasteiger partial charge on any atom is 0.329 e. The van der Waals surface area contributed by atoms with E-state index in [4.69, 9.17) is 9.57 Å². The van der Waals surface area contributed by atoms with Gasteiger partial charge >= 0.3 is 5.97 Å². The van der Waals surface area contributed by atoms with Crippen molar-refractivity contribution in [2.24, 2.45) is 11.8 Å². The van der Waals surface area contributed by atoms with Crippen LogP contribution in [0, 0.1) is 11.8 Å². The average Bonchev–Trinajstić information content (AvgIpc) is 2.90. The number of ether oxygens (including phenoxy) is 1. The van der Waals surface area contributed by atoms with Gasteiger partial charge in [0.2, 0.25) is 17.7 Å². The van der Waals surface area contributed by atoms with E-state index in [0.29, 0.717) is 25.8 Å². The van der Waals surface area contributed by atoms with Crippen molar-refractivity contribution in [2.75, 3.05) is 6.54 Å². The number of rotatable bonds is 14. The molecule has 0 aromatic heterocycles. The first kappa shape index (κ1) is 33.2. The van der Waals surface area contributed by atoms with Gasteiger partial charge < -0.3 is 10.1 Å². The Morgan fingerprint density at radius 1 is 1.10 bits per heavy atom. The van der Waals surface area contributed by atoms with Crippen LogP contribution in [0.3, 0.4) is 0 Å². The maximum absolute atomic E-state index is 13.8. The molecule has 0 aliphatic carbocycles. The molecule has 1 aromatic rings. The van der Waals surface area contributed by atoms with Gasteiger partial charge in [-0.05, 0) is 51.5 Å². The van der Waals surface area contributed by atoms with Crippen molar-refractivity contribution in [1.82, 2.24) is 21.2 Å². The molecule has 0 spiro atoms. The minimum atomic E-state index is -0.849. The molecule has 1 saturated heterocycles. The summed E-state index contributed by atoms with van der Waals surface area (Å²) in [5, 5.41) is 4.18. The maximum atomic E-state index is 13.8. The monoisotopic (exact) mass is 560 g/mol. The van der Waals surface area contributed by atoms with Crippen molar-refractivity contribution in [3.05, 3.63) is 35.9 Å². The van der Waals surface area contributed by atoms with Gasteiger partial charge in [0.15, 0.2) is 0 Å². The van der Waals surface area contributed by atoms with Crippen LogP contribution >= 0.6 is 0 Å². The topological polar surface area (TPSA) is 126 Å². The van der Waals surface area contributed by atoms with Crippen molar-refractivity contribution in [1.29, 1.82) is 0 Å². The van der Waals surface area contributed by atoms with Gasteiger partial charge in [-0.2, -0.15) is 0 Å². The Morgan fingerprint density at radius 2 is 1.80 bits per heavy atom. The van der Waals surface area contributed by atoms with Gasteiger partial charge in [-0.15, -0.1) is 0 Å². The van der Waals surface area contributed by atoms with Crippen LogP contribution in [0.25, 0.3) is 0 Å². The molecular weight excluding hydrogens is 512 g/mol. The predicted octanol–water partition coefficient (Wildman–Crippen LogP) is 3.80. The van der Waals surface area contributed by atoms with Gasteiger partial charge in [0.1, 0.15) is 17.7 Å². The summed E-state index contributed by atoms with van der Waals surface area (Å²) >= 11 is 0. The Morgan fingerprint density at radius 3 is 2.42 bits per heavy atom. The molecule has 0 unspecified atom stereocenters. The van der Waals surface area contributed by atoms with Crippen LogP contribution in [-0.2, 0) is 35.4 Å². The number of carbonyl (C=O) groups excluding carboxylic acids is 4. The van der Waals surface area contributed by atoms with E-state index >= 15 is 0 Å². The number of amides is 3. The number of esters is 1. The second kappa shape index (κ2) is 16.3. The number of carbonyl (C=O) groups is 4. The SMILES string of the molecule is CCCCC[C@@H](CC(=O)NOCc1ccccc1)C(=O)N1NCCC[C@H]1C(=O)N[C@H](C(=O)OC(C)(C)C)C(C)C. The number of hydroxylamine groups is 1. The number of hydrogen-bond acceptors (Lipinski definition) is 7. The molecule has 40 heavy (non-hydrogen) atoms. The van der Waals surface area contributed by atoms with Crippen LogP contribution in [0.1, 0.15) is 92.1 Å².